The minimum atomic E-state index is -0.297. The summed E-state index contributed by atoms with van der Waals surface area (Å²) >= 11 is 6.13. The second kappa shape index (κ2) is 8.57. The average Bonchev–Trinajstić information content (AvgIpc) is 3.31. The third-order valence-corrected chi connectivity index (χ3v) is 5.70. The Morgan fingerprint density at radius 1 is 1.13 bits per heavy atom. The Hall–Kier alpha value is -2.71. The van der Waals surface area contributed by atoms with Gasteiger partial charge in [-0.3, -0.25) is 14.4 Å². The number of piperazine rings is 1. The Labute approximate surface area is 179 Å². The summed E-state index contributed by atoms with van der Waals surface area (Å²) in [6.07, 6.45) is 1.79. The summed E-state index contributed by atoms with van der Waals surface area (Å²) in [5, 5.41) is 9.28. The van der Waals surface area contributed by atoms with Gasteiger partial charge in [-0.2, -0.15) is 10.2 Å². The van der Waals surface area contributed by atoms with E-state index in [1.54, 1.807) is 34.0 Å². The van der Waals surface area contributed by atoms with Crippen molar-refractivity contribution in [1.29, 1.82) is 0 Å². The molecule has 0 radical (unpaired) electrons. The van der Waals surface area contributed by atoms with E-state index in [1.165, 1.54) is 6.07 Å². The molecule has 30 heavy (non-hydrogen) atoms. The second-order valence-corrected chi connectivity index (χ2v) is 7.98. The van der Waals surface area contributed by atoms with Gasteiger partial charge in [-0.1, -0.05) is 17.7 Å². The quantitative estimate of drug-likeness (QED) is 0.624. The van der Waals surface area contributed by atoms with Crippen LogP contribution in [0.4, 0.5) is 4.39 Å². The molecule has 1 fully saturated rings. The summed E-state index contributed by atoms with van der Waals surface area (Å²) in [7, 11) is 0. The molecule has 0 spiro atoms. The van der Waals surface area contributed by atoms with Crippen LogP contribution in [0.5, 0.6) is 0 Å². The van der Waals surface area contributed by atoms with Crippen LogP contribution < -0.4 is 0 Å². The molecule has 1 aliphatic heterocycles. The molecule has 3 heterocycles. The summed E-state index contributed by atoms with van der Waals surface area (Å²) in [5.74, 6) is -0.389. The normalized spacial score (nSPS) is 15.0. The molecule has 158 valence electrons. The van der Waals surface area contributed by atoms with Gasteiger partial charge in [0.15, 0.2) is 0 Å². The number of halogens is 2. The number of benzene rings is 1. The molecule has 1 aromatic carbocycles. The molecule has 0 aliphatic carbocycles. The molecular weight excluding hydrogens is 407 g/mol. The number of carbonyl (C=O) groups excluding carboxylic acids is 1. The summed E-state index contributed by atoms with van der Waals surface area (Å²) in [6.45, 7) is 7.27. The molecule has 9 heteroatoms. The molecule has 7 nitrogen and oxygen atoms in total. The van der Waals surface area contributed by atoms with E-state index in [2.05, 4.69) is 15.1 Å². The predicted octanol–water partition coefficient (Wildman–Crippen LogP) is 2.95. The highest BCUT2D eigenvalue weighted by atomic mass is 35.5. The fraction of sp³-hybridized carbons (Fsp3) is 0.381. The van der Waals surface area contributed by atoms with Crippen LogP contribution in [-0.2, 0) is 13.2 Å². The molecule has 0 unspecified atom stereocenters. The number of hydrogen-bond donors (Lipinski definition) is 0. The number of hydrogen-bond acceptors (Lipinski definition) is 4. The lowest BCUT2D eigenvalue weighted by molar-refractivity contribution is 0.0620. The van der Waals surface area contributed by atoms with Crippen molar-refractivity contribution in [2.75, 3.05) is 26.2 Å². The molecule has 1 saturated heterocycles. The maximum absolute atomic E-state index is 14.0. The van der Waals surface area contributed by atoms with Gasteiger partial charge >= 0.3 is 0 Å². The molecule has 1 amide bonds. The van der Waals surface area contributed by atoms with Gasteiger partial charge in [-0.25, -0.2) is 9.07 Å². The maximum atomic E-state index is 14.0. The van der Waals surface area contributed by atoms with Crippen molar-refractivity contribution < 1.29 is 9.18 Å². The van der Waals surface area contributed by atoms with E-state index in [-0.39, 0.29) is 11.7 Å². The summed E-state index contributed by atoms with van der Waals surface area (Å²) in [6, 6.07) is 8.46. The Kier molecular flexibility index (Phi) is 5.87. The zero-order valence-corrected chi connectivity index (χ0v) is 17.8. The lowest BCUT2D eigenvalue weighted by Crippen LogP contribution is -2.48. The average molecular weight is 431 g/mol. The highest BCUT2D eigenvalue weighted by Crippen LogP contribution is 2.21. The molecule has 4 rings (SSSR count). The van der Waals surface area contributed by atoms with Gasteiger partial charge in [0.25, 0.3) is 5.91 Å². The standard InChI is InChI=1S/C21H24ClFN6O/c1-15-12-16(2)29(24-15)14-28-7-6-20(25-28)21(30)27-10-8-26(9-11-27)13-17-18(22)4-3-5-19(17)23/h3-7,12H,8-11,13-14H2,1-2H3. The number of carbonyl (C=O) groups is 1. The van der Waals surface area contributed by atoms with E-state index in [9.17, 15) is 9.18 Å². The lowest BCUT2D eigenvalue weighted by Gasteiger charge is -2.34. The van der Waals surface area contributed by atoms with Crippen LogP contribution in [0.1, 0.15) is 27.4 Å². The molecule has 2 aromatic heterocycles. The van der Waals surface area contributed by atoms with Gasteiger partial charge in [-0.05, 0) is 38.1 Å². The molecule has 1 aliphatic rings. The Morgan fingerprint density at radius 3 is 2.57 bits per heavy atom. The van der Waals surface area contributed by atoms with Gasteiger partial charge in [-0.15, -0.1) is 0 Å². The number of aromatic nitrogens is 4. The number of aryl methyl sites for hydroxylation is 2. The smallest absolute Gasteiger partial charge is 0.274 e. The molecule has 3 aromatic rings. The number of nitrogens with zero attached hydrogens (tertiary/aromatic N) is 6. The van der Waals surface area contributed by atoms with E-state index < -0.39 is 0 Å². The third kappa shape index (κ3) is 4.39. The molecular formula is C21H24ClFN6O. The highest BCUT2D eigenvalue weighted by molar-refractivity contribution is 6.31. The van der Waals surface area contributed by atoms with Gasteiger partial charge < -0.3 is 4.90 Å². The Balaban J connectivity index is 1.34. The van der Waals surface area contributed by atoms with Crippen LogP contribution in [0, 0.1) is 19.7 Å². The fourth-order valence-corrected chi connectivity index (χ4v) is 3.91. The van der Waals surface area contributed by atoms with Crippen molar-refractivity contribution in [2.24, 2.45) is 0 Å². The van der Waals surface area contributed by atoms with Crippen molar-refractivity contribution >= 4 is 17.5 Å². The Bertz CT molecular complexity index is 1030. The van der Waals surface area contributed by atoms with Gasteiger partial charge in [0.05, 0.1) is 5.69 Å². The Morgan fingerprint density at radius 2 is 1.90 bits per heavy atom. The van der Waals surface area contributed by atoms with Crippen molar-refractivity contribution in [3.63, 3.8) is 0 Å². The third-order valence-electron chi connectivity index (χ3n) is 5.34. The number of rotatable bonds is 5. The van der Waals surface area contributed by atoms with Crippen LogP contribution >= 0.6 is 11.6 Å². The van der Waals surface area contributed by atoms with Gasteiger partial charge in [0.2, 0.25) is 0 Å². The number of amides is 1. The van der Waals surface area contributed by atoms with Gasteiger partial charge in [0.1, 0.15) is 18.2 Å². The maximum Gasteiger partial charge on any atom is 0.274 e. The van der Waals surface area contributed by atoms with E-state index in [0.717, 1.165) is 11.4 Å². The van der Waals surface area contributed by atoms with Crippen molar-refractivity contribution in [1.82, 2.24) is 29.4 Å². The zero-order chi connectivity index (χ0) is 21.3. The highest BCUT2D eigenvalue weighted by Gasteiger charge is 2.24. The van der Waals surface area contributed by atoms with Crippen molar-refractivity contribution in [3.05, 3.63) is 70.0 Å². The monoisotopic (exact) mass is 430 g/mol. The van der Waals surface area contributed by atoms with Gasteiger partial charge in [0, 0.05) is 55.2 Å². The first-order chi connectivity index (χ1) is 14.4. The SMILES string of the molecule is Cc1cc(C)n(Cn2ccc(C(=O)N3CCN(Cc4c(F)cccc4Cl)CC3)n2)n1. The molecule has 0 atom stereocenters. The molecule has 0 bridgehead atoms. The first kappa shape index (κ1) is 20.6. The van der Waals surface area contributed by atoms with Crippen molar-refractivity contribution in [2.45, 2.75) is 27.1 Å². The minimum Gasteiger partial charge on any atom is -0.335 e. The zero-order valence-electron chi connectivity index (χ0n) is 17.1. The fourth-order valence-electron chi connectivity index (χ4n) is 3.69. The largest absolute Gasteiger partial charge is 0.335 e. The second-order valence-electron chi connectivity index (χ2n) is 7.58. The van der Waals surface area contributed by atoms with Crippen LogP contribution in [0.3, 0.4) is 0 Å². The van der Waals surface area contributed by atoms with Crippen LogP contribution in [0.15, 0.2) is 36.5 Å². The topological polar surface area (TPSA) is 59.2 Å². The van der Waals surface area contributed by atoms with Crippen molar-refractivity contribution in [3.8, 4) is 0 Å². The van der Waals surface area contributed by atoms with Crippen LogP contribution in [0.25, 0.3) is 0 Å². The first-order valence-electron chi connectivity index (χ1n) is 9.90. The first-order valence-corrected chi connectivity index (χ1v) is 10.3. The lowest BCUT2D eigenvalue weighted by atomic mass is 10.1. The minimum absolute atomic E-state index is 0.0920. The van der Waals surface area contributed by atoms with E-state index in [4.69, 9.17) is 11.6 Å². The van der Waals surface area contributed by atoms with E-state index in [1.807, 2.05) is 24.6 Å². The molecule has 0 N–H and O–H groups in total. The molecule has 0 saturated carbocycles. The van der Waals surface area contributed by atoms with Crippen LogP contribution in [0.2, 0.25) is 5.02 Å². The predicted molar refractivity (Wildman–Crippen MR) is 112 cm³/mol. The van der Waals surface area contributed by atoms with E-state index in [0.29, 0.717) is 55.7 Å². The summed E-state index contributed by atoms with van der Waals surface area (Å²) in [5.41, 5.74) is 2.91. The van der Waals surface area contributed by atoms with Crippen LogP contribution in [-0.4, -0.2) is 61.4 Å². The summed E-state index contributed by atoms with van der Waals surface area (Å²) in [4.78, 5) is 16.7. The van der Waals surface area contributed by atoms with E-state index >= 15 is 0 Å². The summed E-state index contributed by atoms with van der Waals surface area (Å²) < 4.78 is 17.6.